The third-order valence-electron chi connectivity index (χ3n) is 0. The molecule has 70 valence electrons. The maximum atomic E-state index is 8.88. The zero-order valence-electron chi connectivity index (χ0n) is 7.58. The molecule has 0 fully saturated rings. The van der Waals surface area contributed by atoms with Gasteiger partial charge in [0.2, 0.25) is 0 Å². The second-order valence-electron chi connectivity index (χ2n) is 0.513. The Balaban J connectivity index is -0.00000000286. The van der Waals surface area contributed by atoms with E-state index in [1.807, 2.05) is 0 Å². The fourth-order valence-corrected chi connectivity index (χ4v) is 0. The van der Waals surface area contributed by atoms with Crippen LogP contribution in [0.15, 0.2) is 0 Å². The van der Waals surface area contributed by atoms with Crippen molar-refractivity contribution in [1.82, 2.24) is 0 Å². The number of rotatable bonds is 0. The summed E-state index contributed by atoms with van der Waals surface area (Å²) >= 11 is 0. The molecule has 0 bridgehead atoms. The maximum absolute atomic E-state index is 8.88. The molecule has 2 radical (unpaired) electrons. The van der Waals surface area contributed by atoms with Crippen LogP contribution in [0.2, 0.25) is 0 Å². The van der Waals surface area contributed by atoms with Gasteiger partial charge in [0.05, 0.1) is 0 Å². The summed E-state index contributed by atoms with van der Waals surface area (Å²) in [5.74, 6) is 0. The number of phosphoric acid groups is 1. The quantitative estimate of drug-likeness (QED) is 0.302. The Morgan fingerprint density at radius 2 is 1.09 bits per heavy atom. The minimum Gasteiger partial charge on any atom is -1.00 e. The molecule has 0 rings (SSSR count). The Bertz CT molecular complexity index is 82.3. The molecule has 0 spiro atoms. The Kier molecular flexibility index (Phi) is 100. The molecule has 0 aromatic heterocycles. The average Bonchev–Trinajstić information content (AvgIpc) is 0.722. The minimum atomic E-state index is -4.64. The van der Waals surface area contributed by atoms with E-state index in [0.29, 0.717) is 0 Å². The molecule has 11 heteroatoms. The predicted molar refractivity (Wildman–Crippen MR) is 16.5 cm³/mol. The van der Waals surface area contributed by atoms with Crippen molar-refractivity contribution >= 4 is 7.82 Å². The molecule has 3 N–H and O–H groups in total. The summed E-state index contributed by atoms with van der Waals surface area (Å²) in [5.41, 5.74) is 0. The van der Waals surface area contributed by atoms with Crippen LogP contribution in [-0.4, -0.2) is 14.7 Å². The van der Waals surface area contributed by atoms with Gasteiger partial charge >= 0.3 is 45.5 Å². The van der Waals surface area contributed by atoms with Crippen LogP contribution in [0.3, 0.4) is 0 Å². The summed E-state index contributed by atoms with van der Waals surface area (Å²) < 4.78 is 8.88. The molecule has 0 amide bonds. The monoisotopic (exact) mass is 342 g/mol. The van der Waals surface area contributed by atoms with Gasteiger partial charge < -0.3 is 17.5 Å². The summed E-state index contributed by atoms with van der Waals surface area (Å²) in [4.78, 5) is 21.6. The van der Waals surface area contributed by atoms with Crippen LogP contribution >= 0.6 is 7.82 Å². The van der Waals surface area contributed by atoms with Crippen molar-refractivity contribution in [3.05, 3.63) is 0 Å². The Morgan fingerprint density at radius 3 is 1.09 bits per heavy atom. The van der Waals surface area contributed by atoms with Gasteiger partial charge in [0.1, 0.15) is 0 Å². The van der Waals surface area contributed by atoms with E-state index in [-0.39, 0.29) is 108 Å². The molecule has 4 nitrogen and oxygen atoms in total. The largest absolute Gasteiger partial charge is 1.00 e. The molecule has 11 heavy (non-hydrogen) atoms. The van der Waals surface area contributed by atoms with E-state index in [0.717, 1.165) is 0 Å². The van der Waals surface area contributed by atoms with Gasteiger partial charge in [-0.15, -0.1) is 0 Å². The van der Waals surface area contributed by atoms with Crippen molar-refractivity contribution in [2.45, 2.75) is 0 Å². The van der Waals surface area contributed by atoms with Gasteiger partial charge in [0, 0.05) is 67.4 Å². The molecule has 0 saturated heterocycles. The van der Waals surface area contributed by atoms with Crippen LogP contribution < -0.4 is 37.7 Å². The summed E-state index contributed by atoms with van der Waals surface area (Å²) in [6, 6.07) is 0. The van der Waals surface area contributed by atoms with Crippen LogP contribution in [0.25, 0.3) is 0 Å². The fourth-order valence-electron chi connectivity index (χ4n) is 0. The SMILES string of the molecule is O=P(O)(O)O.[Co].[Fe].[H-].[H-].[Li+].[Li+].[Mn].[Ni]. The third-order valence-corrected chi connectivity index (χ3v) is 0. The van der Waals surface area contributed by atoms with Gasteiger partial charge in [-0.05, 0) is 0 Å². The van der Waals surface area contributed by atoms with Crippen LogP contribution in [0.4, 0.5) is 0 Å². The Labute approximate surface area is 133 Å². The molecule has 0 saturated carbocycles. The van der Waals surface area contributed by atoms with Gasteiger partial charge in [-0.2, -0.15) is 0 Å². The molecular weight excluding hydrogens is 337 g/mol. The first-order valence-electron chi connectivity index (χ1n) is 0.783. The Morgan fingerprint density at radius 1 is 1.09 bits per heavy atom. The van der Waals surface area contributed by atoms with Crippen LogP contribution in [0, 0.1) is 0 Å². The van der Waals surface area contributed by atoms with E-state index in [2.05, 4.69) is 0 Å². The summed E-state index contributed by atoms with van der Waals surface area (Å²) in [5, 5.41) is 0. The van der Waals surface area contributed by atoms with Crippen molar-refractivity contribution < 1.29 is 127 Å². The number of hydrogen-bond acceptors (Lipinski definition) is 1. The molecule has 0 atom stereocenters. The van der Waals surface area contributed by atoms with Crippen LogP contribution in [0.1, 0.15) is 2.85 Å². The Hall–Kier alpha value is 3.34. The number of hydrogen-bond donors (Lipinski definition) is 3. The van der Waals surface area contributed by atoms with Gasteiger partial charge in [-0.25, -0.2) is 4.57 Å². The fraction of sp³-hybridized carbons (Fsp3) is 0. The molecule has 0 aromatic carbocycles. The summed E-state index contributed by atoms with van der Waals surface area (Å²) in [6.45, 7) is 0. The van der Waals surface area contributed by atoms with Gasteiger partial charge in [-0.3, -0.25) is 0 Å². The second-order valence-corrected chi connectivity index (χ2v) is 1.54. The maximum Gasteiger partial charge on any atom is 1.00 e. The summed E-state index contributed by atoms with van der Waals surface area (Å²) in [6.07, 6.45) is 0. The van der Waals surface area contributed by atoms with Crippen molar-refractivity contribution in [1.29, 1.82) is 0 Å². The third kappa shape index (κ3) is 154. The van der Waals surface area contributed by atoms with E-state index in [9.17, 15) is 0 Å². The molecule has 0 aliphatic heterocycles. The first-order valence-corrected chi connectivity index (χ1v) is 2.35. The van der Waals surface area contributed by atoms with E-state index in [4.69, 9.17) is 19.2 Å². The standard InChI is InChI=1S/Co.Fe.2Li.Mn.Ni.H3O4P.2H/c;;;;;;1-5(2,3)4;;/h;;;;;;(H3,1,2,3,4);;/q;;2*+1;;;;2*-1. The molecular formula is H5CoFeLi2MnNiO4P. The van der Waals surface area contributed by atoms with Crippen molar-refractivity contribution in [3.63, 3.8) is 0 Å². The van der Waals surface area contributed by atoms with Crippen LogP contribution in [0.5, 0.6) is 0 Å². The van der Waals surface area contributed by atoms with Crippen LogP contribution in [-0.2, 0) is 72.0 Å². The zero-order valence-corrected chi connectivity index (χ0v) is 10.8. The normalized spacial score (nSPS) is 5.36. The van der Waals surface area contributed by atoms with E-state index in [1.54, 1.807) is 0 Å². The smallest absolute Gasteiger partial charge is 1.00 e. The summed E-state index contributed by atoms with van der Waals surface area (Å²) in [7, 11) is -4.64. The van der Waals surface area contributed by atoms with Crippen molar-refractivity contribution in [3.8, 4) is 0 Å². The second kappa shape index (κ2) is 23.3. The zero-order chi connectivity index (χ0) is 4.50. The van der Waals surface area contributed by atoms with E-state index < -0.39 is 7.82 Å². The molecule has 0 aliphatic carbocycles. The molecule has 0 aromatic rings. The minimum absolute atomic E-state index is 0. The topological polar surface area (TPSA) is 77.8 Å². The molecule has 0 unspecified atom stereocenters. The first kappa shape index (κ1) is 47.4. The predicted octanol–water partition coefficient (Wildman–Crippen LogP) is -6.71. The van der Waals surface area contributed by atoms with Gasteiger partial charge in [0.25, 0.3) is 0 Å². The molecule has 0 aliphatic rings. The molecule has 0 heterocycles. The van der Waals surface area contributed by atoms with Gasteiger partial charge in [-0.1, -0.05) is 0 Å². The van der Waals surface area contributed by atoms with E-state index >= 15 is 0 Å². The van der Waals surface area contributed by atoms with E-state index in [1.165, 1.54) is 0 Å². The van der Waals surface area contributed by atoms with Crippen molar-refractivity contribution in [2.75, 3.05) is 0 Å². The van der Waals surface area contributed by atoms with Gasteiger partial charge in [0.15, 0.2) is 0 Å². The van der Waals surface area contributed by atoms with Crippen molar-refractivity contribution in [2.24, 2.45) is 0 Å². The average molecular weight is 342 g/mol. The first-order chi connectivity index (χ1) is 2.00.